The van der Waals surface area contributed by atoms with Crippen molar-refractivity contribution in [2.75, 3.05) is 45.7 Å². The topological polar surface area (TPSA) is 74.2 Å². The predicted molar refractivity (Wildman–Crippen MR) is 98.7 cm³/mol. The molecule has 0 atom stereocenters. The highest BCUT2D eigenvalue weighted by molar-refractivity contribution is 5.93. The van der Waals surface area contributed by atoms with E-state index in [1.807, 2.05) is 38.2 Å². The van der Waals surface area contributed by atoms with Crippen molar-refractivity contribution in [3.63, 3.8) is 0 Å². The molecular formula is C18H26N6O. The number of carbonyl (C=O) groups is 1. The number of rotatable bonds is 9. The van der Waals surface area contributed by atoms with Crippen LogP contribution in [-0.4, -0.2) is 66.5 Å². The molecule has 0 aliphatic heterocycles. The van der Waals surface area contributed by atoms with E-state index in [1.165, 1.54) is 5.56 Å². The Morgan fingerprint density at radius 2 is 1.76 bits per heavy atom. The van der Waals surface area contributed by atoms with Gasteiger partial charge in [-0.15, -0.1) is 0 Å². The quantitative estimate of drug-likeness (QED) is 0.691. The van der Waals surface area contributed by atoms with E-state index in [0.29, 0.717) is 18.1 Å². The molecule has 1 amide bonds. The van der Waals surface area contributed by atoms with Crippen molar-refractivity contribution in [1.29, 1.82) is 0 Å². The van der Waals surface area contributed by atoms with Gasteiger partial charge in [-0.2, -0.15) is 0 Å². The van der Waals surface area contributed by atoms with Crippen LogP contribution < -0.4 is 10.2 Å². The van der Waals surface area contributed by atoms with Crippen LogP contribution in [0.1, 0.15) is 22.3 Å². The van der Waals surface area contributed by atoms with Crippen molar-refractivity contribution in [2.45, 2.75) is 12.8 Å². The highest BCUT2D eigenvalue weighted by Crippen LogP contribution is 2.07. The van der Waals surface area contributed by atoms with Crippen LogP contribution in [0.25, 0.3) is 0 Å². The maximum atomic E-state index is 12.1. The number of anilines is 1. The van der Waals surface area contributed by atoms with Gasteiger partial charge in [-0.25, -0.2) is 9.97 Å². The van der Waals surface area contributed by atoms with Crippen LogP contribution in [0.4, 0.5) is 5.95 Å². The van der Waals surface area contributed by atoms with Gasteiger partial charge in [0.05, 0.1) is 5.56 Å². The van der Waals surface area contributed by atoms with Crippen molar-refractivity contribution in [1.82, 2.24) is 25.2 Å². The van der Waals surface area contributed by atoms with Crippen LogP contribution in [-0.2, 0) is 6.42 Å². The second-order valence-corrected chi connectivity index (χ2v) is 6.21. The summed E-state index contributed by atoms with van der Waals surface area (Å²) in [6, 6.07) is 4.00. The Morgan fingerprint density at radius 3 is 2.40 bits per heavy atom. The Morgan fingerprint density at radius 1 is 1.08 bits per heavy atom. The average Bonchev–Trinajstić information content (AvgIpc) is 2.64. The summed E-state index contributed by atoms with van der Waals surface area (Å²) in [5, 5.41) is 2.88. The highest BCUT2D eigenvalue weighted by atomic mass is 16.1. The van der Waals surface area contributed by atoms with Crippen LogP contribution >= 0.6 is 0 Å². The number of nitrogens with one attached hydrogen (secondary N) is 1. The Balaban J connectivity index is 1.81. The van der Waals surface area contributed by atoms with Gasteiger partial charge in [0.2, 0.25) is 5.95 Å². The third-order valence-corrected chi connectivity index (χ3v) is 3.79. The molecule has 0 fully saturated rings. The van der Waals surface area contributed by atoms with Crippen LogP contribution in [0.5, 0.6) is 0 Å². The fourth-order valence-electron chi connectivity index (χ4n) is 2.28. The SMILES string of the molecule is CN(C)CCCNC(=O)c1cnc(N(C)CCc2ccncc2)nc1. The molecule has 0 aliphatic rings. The molecule has 25 heavy (non-hydrogen) atoms. The molecule has 2 heterocycles. The summed E-state index contributed by atoms with van der Waals surface area (Å²) < 4.78 is 0. The Hall–Kier alpha value is -2.54. The van der Waals surface area contributed by atoms with Crippen LogP contribution in [0.15, 0.2) is 36.9 Å². The molecule has 0 aromatic carbocycles. The van der Waals surface area contributed by atoms with Gasteiger partial charge in [0.25, 0.3) is 5.91 Å². The molecule has 2 aromatic rings. The van der Waals surface area contributed by atoms with E-state index in [9.17, 15) is 4.79 Å². The minimum atomic E-state index is -0.134. The molecule has 134 valence electrons. The van der Waals surface area contributed by atoms with E-state index >= 15 is 0 Å². The van der Waals surface area contributed by atoms with Gasteiger partial charge in [-0.1, -0.05) is 0 Å². The van der Waals surface area contributed by atoms with Gasteiger partial charge in [0.1, 0.15) is 0 Å². The lowest BCUT2D eigenvalue weighted by atomic mass is 10.2. The predicted octanol–water partition coefficient (Wildman–Crippen LogP) is 1.23. The number of carbonyl (C=O) groups excluding carboxylic acids is 1. The summed E-state index contributed by atoms with van der Waals surface area (Å²) in [5.74, 6) is 0.475. The molecule has 1 N–H and O–H groups in total. The molecule has 0 radical (unpaired) electrons. The second-order valence-electron chi connectivity index (χ2n) is 6.21. The zero-order valence-corrected chi connectivity index (χ0v) is 15.1. The maximum Gasteiger partial charge on any atom is 0.254 e. The maximum absolute atomic E-state index is 12.1. The van der Waals surface area contributed by atoms with E-state index < -0.39 is 0 Å². The van der Waals surface area contributed by atoms with Gasteiger partial charge >= 0.3 is 0 Å². The molecule has 0 saturated heterocycles. The lowest BCUT2D eigenvalue weighted by Crippen LogP contribution is -2.28. The van der Waals surface area contributed by atoms with Crippen LogP contribution in [0.2, 0.25) is 0 Å². The number of aromatic nitrogens is 3. The third-order valence-electron chi connectivity index (χ3n) is 3.79. The molecule has 0 unspecified atom stereocenters. The molecule has 0 aliphatic carbocycles. The molecule has 2 rings (SSSR count). The molecule has 2 aromatic heterocycles. The summed E-state index contributed by atoms with van der Waals surface area (Å²) in [5.41, 5.74) is 1.70. The number of pyridine rings is 1. The number of likely N-dealkylation sites (N-methyl/N-ethyl adjacent to an activating group) is 1. The molecule has 7 heteroatoms. The van der Waals surface area contributed by atoms with E-state index in [4.69, 9.17) is 0 Å². The monoisotopic (exact) mass is 342 g/mol. The minimum absolute atomic E-state index is 0.134. The molecular weight excluding hydrogens is 316 g/mol. The van der Waals surface area contributed by atoms with Crippen molar-refractivity contribution in [3.8, 4) is 0 Å². The fraction of sp³-hybridized carbons (Fsp3) is 0.444. The number of hydrogen-bond acceptors (Lipinski definition) is 6. The first-order valence-electron chi connectivity index (χ1n) is 8.41. The van der Waals surface area contributed by atoms with Crippen LogP contribution in [0, 0.1) is 0 Å². The number of hydrogen-bond donors (Lipinski definition) is 1. The van der Waals surface area contributed by atoms with Gasteiger partial charge < -0.3 is 15.1 Å². The first-order valence-corrected chi connectivity index (χ1v) is 8.41. The summed E-state index contributed by atoms with van der Waals surface area (Å²) >= 11 is 0. The molecule has 0 saturated carbocycles. The van der Waals surface area contributed by atoms with E-state index in [1.54, 1.807) is 24.8 Å². The normalized spacial score (nSPS) is 10.7. The molecule has 0 bridgehead atoms. The molecule has 7 nitrogen and oxygen atoms in total. The van der Waals surface area contributed by atoms with E-state index in [0.717, 1.165) is 25.9 Å². The van der Waals surface area contributed by atoms with E-state index in [2.05, 4.69) is 25.2 Å². The second kappa shape index (κ2) is 9.68. The fourth-order valence-corrected chi connectivity index (χ4v) is 2.28. The van der Waals surface area contributed by atoms with Crippen molar-refractivity contribution in [3.05, 3.63) is 48.0 Å². The van der Waals surface area contributed by atoms with Gasteiger partial charge in [-0.05, 0) is 51.2 Å². The Kier molecular flexibility index (Phi) is 7.28. The third kappa shape index (κ3) is 6.46. The number of amides is 1. The summed E-state index contributed by atoms with van der Waals surface area (Å²) in [6.07, 6.45) is 8.53. The van der Waals surface area contributed by atoms with Crippen molar-refractivity contribution in [2.24, 2.45) is 0 Å². The number of nitrogens with zero attached hydrogens (tertiary/aromatic N) is 5. The zero-order chi connectivity index (χ0) is 18.1. The smallest absolute Gasteiger partial charge is 0.254 e. The standard InChI is InChI=1S/C18H26N6O/c1-23(2)11-4-8-20-17(25)16-13-21-18(22-14-16)24(3)12-7-15-5-9-19-10-6-15/h5-6,9-10,13-14H,4,7-8,11-12H2,1-3H3,(H,20,25). The zero-order valence-electron chi connectivity index (χ0n) is 15.1. The Labute approximate surface area is 149 Å². The van der Waals surface area contributed by atoms with Crippen molar-refractivity contribution >= 4 is 11.9 Å². The lowest BCUT2D eigenvalue weighted by molar-refractivity contribution is 0.0951. The summed E-state index contributed by atoms with van der Waals surface area (Å²) in [4.78, 5) is 28.7. The Bertz CT molecular complexity index is 644. The largest absolute Gasteiger partial charge is 0.352 e. The highest BCUT2D eigenvalue weighted by Gasteiger charge is 2.09. The summed E-state index contributed by atoms with van der Waals surface area (Å²) in [6.45, 7) is 2.38. The van der Waals surface area contributed by atoms with E-state index in [-0.39, 0.29) is 5.91 Å². The average molecular weight is 342 g/mol. The van der Waals surface area contributed by atoms with Gasteiger partial charge in [0, 0.05) is 44.9 Å². The van der Waals surface area contributed by atoms with Gasteiger partial charge in [-0.3, -0.25) is 9.78 Å². The molecule has 0 spiro atoms. The van der Waals surface area contributed by atoms with Crippen LogP contribution in [0.3, 0.4) is 0 Å². The first kappa shape index (κ1) is 18.8. The minimum Gasteiger partial charge on any atom is -0.352 e. The lowest BCUT2D eigenvalue weighted by Gasteiger charge is -2.17. The first-order chi connectivity index (χ1) is 12.1. The van der Waals surface area contributed by atoms with Crippen molar-refractivity contribution < 1.29 is 4.79 Å². The van der Waals surface area contributed by atoms with Gasteiger partial charge in [0.15, 0.2) is 0 Å². The summed E-state index contributed by atoms with van der Waals surface area (Å²) in [7, 11) is 5.97.